The molecule has 26 heavy (non-hydrogen) atoms. The summed E-state index contributed by atoms with van der Waals surface area (Å²) in [5, 5.41) is 11.0. The van der Waals surface area contributed by atoms with Gasteiger partial charge in [-0.05, 0) is 25.0 Å². The molecule has 0 unspecified atom stereocenters. The highest BCUT2D eigenvalue weighted by atomic mass is 16.6. The molecule has 0 aromatic heterocycles. The van der Waals surface area contributed by atoms with Gasteiger partial charge >= 0.3 is 5.96 Å². The van der Waals surface area contributed by atoms with Crippen molar-refractivity contribution < 1.29 is 9.50 Å². The van der Waals surface area contributed by atoms with Gasteiger partial charge in [-0.2, -0.15) is 4.90 Å². The fourth-order valence-electron chi connectivity index (χ4n) is 3.33. The summed E-state index contributed by atoms with van der Waals surface area (Å²) in [6, 6.07) is 6.61. The topological polar surface area (TPSA) is 91.0 Å². The summed E-state index contributed by atoms with van der Waals surface area (Å²) in [4.78, 5) is 19.1. The smallest absolute Gasteiger partial charge is 0.356 e. The summed E-state index contributed by atoms with van der Waals surface area (Å²) < 4.78 is 1.95. The number of rotatable bonds is 3. The minimum absolute atomic E-state index is 0.0488. The molecule has 0 atom stereocenters. The highest BCUT2D eigenvalue weighted by molar-refractivity contribution is 6.15. The number of nitro groups is 1. The molecule has 2 rings (SSSR count). The van der Waals surface area contributed by atoms with Crippen LogP contribution in [0.15, 0.2) is 29.3 Å². The van der Waals surface area contributed by atoms with Gasteiger partial charge in [0.25, 0.3) is 11.6 Å². The zero-order valence-electron chi connectivity index (χ0n) is 16.1. The highest BCUT2D eigenvalue weighted by Crippen LogP contribution is 2.23. The third-order valence-corrected chi connectivity index (χ3v) is 4.44. The fourth-order valence-corrected chi connectivity index (χ4v) is 3.33. The van der Waals surface area contributed by atoms with Crippen molar-refractivity contribution >= 4 is 23.3 Å². The van der Waals surface area contributed by atoms with Gasteiger partial charge in [-0.25, -0.2) is 4.99 Å². The third kappa shape index (κ3) is 4.71. The van der Waals surface area contributed by atoms with E-state index < -0.39 is 4.92 Å². The van der Waals surface area contributed by atoms with Crippen LogP contribution in [0, 0.1) is 10.1 Å². The maximum Gasteiger partial charge on any atom is 0.362 e. The van der Waals surface area contributed by atoms with Crippen LogP contribution in [-0.4, -0.2) is 60.6 Å². The predicted molar refractivity (Wildman–Crippen MR) is 105 cm³/mol. The number of benzene rings is 1. The van der Waals surface area contributed by atoms with Gasteiger partial charge in [-0.3, -0.25) is 19.6 Å². The van der Waals surface area contributed by atoms with Crippen LogP contribution < -0.4 is 10.6 Å². The van der Waals surface area contributed by atoms with Crippen molar-refractivity contribution in [2.24, 2.45) is 10.7 Å². The average Bonchev–Trinajstić information content (AvgIpc) is 2.59. The van der Waals surface area contributed by atoms with Crippen LogP contribution in [-0.2, 0) is 0 Å². The molecule has 0 spiro atoms. The summed E-state index contributed by atoms with van der Waals surface area (Å²) in [6.45, 7) is 0. The lowest BCUT2D eigenvalue weighted by molar-refractivity contribution is -0.470. The number of hydrogen-bond donors (Lipinski definition) is 1. The molecule has 0 heterocycles. The van der Waals surface area contributed by atoms with Crippen molar-refractivity contribution in [2.45, 2.75) is 38.1 Å². The van der Waals surface area contributed by atoms with E-state index in [2.05, 4.69) is 0 Å². The van der Waals surface area contributed by atoms with Gasteiger partial charge in [0.1, 0.15) is 5.69 Å². The molecule has 0 amide bonds. The van der Waals surface area contributed by atoms with Crippen LogP contribution in [0.3, 0.4) is 0 Å². The number of nitrogens with zero attached hydrogens (tertiary/aromatic N) is 5. The van der Waals surface area contributed by atoms with Crippen molar-refractivity contribution in [1.82, 2.24) is 4.90 Å². The Kier molecular flexibility index (Phi) is 6.54. The molecule has 0 saturated heterocycles. The Balaban J connectivity index is 2.46. The van der Waals surface area contributed by atoms with Crippen LogP contribution >= 0.6 is 0 Å². The van der Waals surface area contributed by atoms with Gasteiger partial charge in [0, 0.05) is 12.1 Å². The van der Waals surface area contributed by atoms with E-state index in [1.54, 1.807) is 12.1 Å². The molecule has 1 saturated carbocycles. The Bertz CT molecular complexity index is 686. The minimum atomic E-state index is -0.407. The van der Waals surface area contributed by atoms with Crippen LogP contribution in [0.5, 0.6) is 0 Å². The van der Waals surface area contributed by atoms with Gasteiger partial charge in [-0.1, -0.05) is 19.3 Å². The Morgan fingerprint density at radius 1 is 1.15 bits per heavy atom. The van der Waals surface area contributed by atoms with E-state index in [0.717, 1.165) is 24.5 Å². The monoisotopic (exact) mass is 361 g/mol. The molecule has 1 aliphatic rings. The summed E-state index contributed by atoms with van der Waals surface area (Å²) >= 11 is 0. The molecule has 0 radical (unpaired) electrons. The molecule has 1 aromatic rings. The normalized spacial score (nSPS) is 15.5. The molecular formula is C18H29N6O2+. The van der Waals surface area contributed by atoms with Crippen molar-refractivity contribution in [3.8, 4) is 0 Å². The first-order valence-electron chi connectivity index (χ1n) is 8.90. The van der Waals surface area contributed by atoms with Gasteiger partial charge < -0.3 is 5.73 Å². The second-order valence-electron chi connectivity index (χ2n) is 6.98. The number of aliphatic imine (C=N–C) groups is 1. The molecule has 0 aliphatic heterocycles. The van der Waals surface area contributed by atoms with Crippen molar-refractivity contribution in [2.75, 3.05) is 33.1 Å². The number of hydrogen-bond acceptors (Lipinski definition) is 3. The molecule has 1 aromatic carbocycles. The van der Waals surface area contributed by atoms with E-state index in [1.807, 2.05) is 42.6 Å². The predicted octanol–water partition coefficient (Wildman–Crippen LogP) is 2.24. The Morgan fingerprint density at radius 3 is 2.19 bits per heavy atom. The average molecular weight is 361 g/mol. The van der Waals surface area contributed by atoms with Crippen LogP contribution in [0.2, 0.25) is 0 Å². The molecule has 1 fully saturated rings. The number of anilines is 1. The summed E-state index contributed by atoms with van der Waals surface area (Å²) in [7, 11) is 7.73. The molecule has 8 nitrogen and oxygen atoms in total. The molecular weight excluding hydrogens is 332 g/mol. The number of nitrogens with two attached hydrogens (primary N) is 1. The summed E-state index contributed by atoms with van der Waals surface area (Å²) in [5.74, 6) is 1.24. The quantitative estimate of drug-likeness (QED) is 0.293. The summed E-state index contributed by atoms with van der Waals surface area (Å²) in [6.07, 6.45) is 5.71. The van der Waals surface area contributed by atoms with Crippen LogP contribution in [0.25, 0.3) is 0 Å². The standard InChI is InChI=1S/C18H29N6O2/c1-21(2)18(22(3)4)23(15-10-12-16(13-11-15)24(25)26)17(19)20-14-8-6-5-7-9-14/h10-14H,5-9H2,1-4H3,(H2,19,20)/q+1. The van der Waals surface area contributed by atoms with Gasteiger partial charge in [0.2, 0.25) is 0 Å². The first-order valence-corrected chi connectivity index (χ1v) is 8.90. The SMILES string of the molecule is CN(C)C(N(C(N)=NC1CCCCC1)c1ccc([N+](=O)[O-])cc1)=[N+](C)C. The molecule has 8 heteroatoms. The van der Waals surface area contributed by atoms with Crippen molar-refractivity contribution in [3.05, 3.63) is 34.4 Å². The van der Waals surface area contributed by atoms with E-state index in [-0.39, 0.29) is 11.7 Å². The van der Waals surface area contributed by atoms with Crippen molar-refractivity contribution in [1.29, 1.82) is 0 Å². The Labute approximate surface area is 154 Å². The second kappa shape index (κ2) is 8.64. The zero-order valence-corrected chi connectivity index (χ0v) is 16.1. The van der Waals surface area contributed by atoms with Gasteiger partial charge in [0.15, 0.2) is 0 Å². The maximum atomic E-state index is 11.0. The molecule has 142 valence electrons. The van der Waals surface area contributed by atoms with E-state index in [4.69, 9.17) is 10.7 Å². The van der Waals surface area contributed by atoms with Crippen molar-refractivity contribution in [3.63, 3.8) is 0 Å². The Hall–Kier alpha value is -2.64. The highest BCUT2D eigenvalue weighted by Gasteiger charge is 2.30. The maximum absolute atomic E-state index is 11.0. The number of non-ortho nitro benzene ring substituents is 1. The van der Waals surface area contributed by atoms with E-state index in [9.17, 15) is 10.1 Å². The van der Waals surface area contributed by atoms with Crippen LogP contribution in [0.4, 0.5) is 11.4 Å². The van der Waals surface area contributed by atoms with Gasteiger partial charge in [0.05, 0.1) is 39.2 Å². The van der Waals surface area contributed by atoms with E-state index in [0.29, 0.717) is 5.96 Å². The number of guanidine groups is 2. The van der Waals surface area contributed by atoms with Crippen LogP contribution in [0.1, 0.15) is 32.1 Å². The second-order valence-corrected chi connectivity index (χ2v) is 6.98. The minimum Gasteiger partial charge on any atom is -0.356 e. The Morgan fingerprint density at radius 2 is 1.73 bits per heavy atom. The fraction of sp³-hybridized carbons (Fsp3) is 0.556. The molecule has 0 bridgehead atoms. The molecule has 1 aliphatic carbocycles. The lowest BCUT2D eigenvalue weighted by atomic mass is 9.96. The van der Waals surface area contributed by atoms with Gasteiger partial charge in [-0.15, -0.1) is 0 Å². The zero-order chi connectivity index (χ0) is 19.3. The first kappa shape index (κ1) is 19.7. The lowest BCUT2D eigenvalue weighted by Gasteiger charge is -2.25. The summed E-state index contributed by atoms with van der Waals surface area (Å²) in [5.41, 5.74) is 7.21. The molecule has 2 N–H and O–H groups in total. The third-order valence-electron chi connectivity index (χ3n) is 4.44. The lowest BCUT2D eigenvalue weighted by Crippen LogP contribution is -2.52. The number of nitro benzene ring substituents is 1. The van der Waals surface area contributed by atoms with E-state index in [1.165, 1.54) is 31.4 Å². The first-order chi connectivity index (χ1) is 12.3. The van der Waals surface area contributed by atoms with E-state index >= 15 is 0 Å². The largest absolute Gasteiger partial charge is 0.362 e.